The Bertz CT molecular complexity index is 756. The van der Waals surface area contributed by atoms with E-state index in [1.54, 1.807) is 12.3 Å². The van der Waals surface area contributed by atoms with Crippen LogP contribution in [0.5, 0.6) is 0 Å². The molecule has 0 saturated carbocycles. The first-order valence-corrected chi connectivity index (χ1v) is 6.80. The van der Waals surface area contributed by atoms with Gasteiger partial charge in [-0.15, -0.1) is 0 Å². The zero-order chi connectivity index (χ0) is 14.3. The molecule has 0 bridgehead atoms. The molecule has 1 aliphatic rings. The highest BCUT2D eigenvalue weighted by Gasteiger charge is 2.19. The molecule has 2 aromatic rings. The summed E-state index contributed by atoms with van der Waals surface area (Å²) < 4.78 is 1.46. The molecule has 4 N–H and O–H groups in total. The van der Waals surface area contributed by atoms with Gasteiger partial charge in [-0.2, -0.15) is 0 Å². The number of pyridine rings is 1. The number of nitrogen functional groups attached to an aromatic ring is 1. The summed E-state index contributed by atoms with van der Waals surface area (Å²) >= 11 is 0. The summed E-state index contributed by atoms with van der Waals surface area (Å²) in [4.78, 5) is 0. The second-order valence-corrected chi connectivity index (χ2v) is 5.31. The van der Waals surface area contributed by atoms with Gasteiger partial charge in [0, 0.05) is 17.4 Å². The van der Waals surface area contributed by atoms with Gasteiger partial charge in [0.2, 0.25) is 0 Å². The van der Waals surface area contributed by atoms with E-state index in [9.17, 15) is 0 Å². The second kappa shape index (κ2) is 4.63. The minimum atomic E-state index is 0.289. The van der Waals surface area contributed by atoms with Gasteiger partial charge < -0.3 is 5.73 Å². The van der Waals surface area contributed by atoms with E-state index in [0.717, 1.165) is 41.6 Å². The molecule has 102 valence electrons. The number of rotatable bonds is 2. The van der Waals surface area contributed by atoms with Gasteiger partial charge in [0.1, 0.15) is 5.49 Å². The van der Waals surface area contributed by atoms with Crippen LogP contribution in [0.2, 0.25) is 0 Å². The van der Waals surface area contributed by atoms with Crippen LogP contribution < -0.4 is 11.2 Å². The minimum absolute atomic E-state index is 0.289. The lowest BCUT2D eigenvalue weighted by molar-refractivity contribution is 0.912. The van der Waals surface area contributed by atoms with Gasteiger partial charge in [0.15, 0.2) is 0 Å². The molecule has 0 amide bonds. The van der Waals surface area contributed by atoms with Crippen molar-refractivity contribution in [3.8, 4) is 11.1 Å². The minimum Gasteiger partial charge on any atom is -0.398 e. The van der Waals surface area contributed by atoms with E-state index < -0.39 is 0 Å². The largest absolute Gasteiger partial charge is 0.398 e. The van der Waals surface area contributed by atoms with Gasteiger partial charge in [0.25, 0.3) is 0 Å². The van der Waals surface area contributed by atoms with E-state index in [4.69, 9.17) is 16.6 Å². The third-order valence-electron chi connectivity index (χ3n) is 4.05. The van der Waals surface area contributed by atoms with Crippen LogP contribution in [-0.4, -0.2) is 10.9 Å². The molecule has 0 aliphatic heterocycles. The lowest BCUT2D eigenvalue weighted by Crippen LogP contribution is -2.17. The summed E-state index contributed by atoms with van der Waals surface area (Å²) in [5.74, 6) is 0. The number of hydrogen-bond acceptors (Lipinski definition) is 3. The van der Waals surface area contributed by atoms with Crippen molar-refractivity contribution >= 4 is 12.0 Å². The first-order valence-electron chi connectivity index (χ1n) is 6.80. The molecular formula is C16H18N4. The van der Waals surface area contributed by atoms with Crippen LogP contribution >= 0.6 is 0 Å². The summed E-state index contributed by atoms with van der Waals surface area (Å²) in [7, 11) is 0. The normalized spacial score (nSPS) is 13.2. The predicted molar refractivity (Wildman–Crippen MR) is 81.1 cm³/mol. The number of anilines is 1. The number of nitrogens with two attached hydrogens (primary N) is 1. The maximum atomic E-state index is 7.93. The molecule has 20 heavy (non-hydrogen) atoms. The van der Waals surface area contributed by atoms with E-state index in [2.05, 4.69) is 13.0 Å². The summed E-state index contributed by atoms with van der Waals surface area (Å²) in [6, 6.07) is 5.92. The fourth-order valence-corrected chi connectivity index (χ4v) is 3.09. The maximum absolute atomic E-state index is 7.93. The number of benzene rings is 1. The molecule has 0 unspecified atom stereocenters. The number of hydrogen-bond donors (Lipinski definition) is 3. The Hall–Kier alpha value is -2.36. The fraction of sp³-hybridized carbons (Fsp3) is 0.250. The zero-order valence-electron chi connectivity index (χ0n) is 11.5. The molecule has 1 aliphatic carbocycles. The molecule has 4 heteroatoms. The van der Waals surface area contributed by atoms with Gasteiger partial charge in [-0.1, -0.05) is 6.07 Å². The highest BCUT2D eigenvalue weighted by Crippen LogP contribution is 2.37. The summed E-state index contributed by atoms with van der Waals surface area (Å²) in [6.07, 6.45) is 6.21. The first-order chi connectivity index (χ1) is 9.61. The highest BCUT2D eigenvalue weighted by atomic mass is 15.0. The van der Waals surface area contributed by atoms with E-state index in [-0.39, 0.29) is 5.49 Å². The van der Waals surface area contributed by atoms with Crippen molar-refractivity contribution in [3.05, 3.63) is 46.6 Å². The quantitative estimate of drug-likeness (QED) is 0.436. The van der Waals surface area contributed by atoms with Crippen LogP contribution in [0.3, 0.4) is 0 Å². The molecule has 1 heterocycles. The molecule has 3 rings (SSSR count). The van der Waals surface area contributed by atoms with Crippen molar-refractivity contribution in [1.82, 2.24) is 4.57 Å². The number of aromatic nitrogens is 1. The van der Waals surface area contributed by atoms with Crippen LogP contribution in [0.1, 0.15) is 23.1 Å². The van der Waals surface area contributed by atoms with Crippen molar-refractivity contribution in [2.45, 2.75) is 26.2 Å². The van der Waals surface area contributed by atoms with Crippen LogP contribution in [0.15, 0.2) is 24.4 Å². The highest BCUT2D eigenvalue weighted by molar-refractivity contribution is 5.82. The van der Waals surface area contributed by atoms with Gasteiger partial charge in [-0.05, 0) is 60.6 Å². The topological polar surface area (TPSA) is 78.7 Å². The summed E-state index contributed by atoms with van der Waals surface area (Å²) in [6.45, 7) is 2.07. The lowest BCUT2D eigenvalue weighted by atomic mass is 9.93. The Morgan fingerprint density at radius 3 is 2.80 bits per heavy atom. The standard InChI is InChI=1S/C16H18N4/c1-10-7-11-3-2-4-13(11)16(19)15(10)12-5-6-20(9-17)14(18)8-12/h5-9,17-18H,2-4,19H2,1H3. The summed E-state index contributed by atoms with van der Waals surface area (Å²) in [5, 5.41) is 15.2. The fourth-order valence-electron chi connectivity index (χ4n) is 3.09. The third kappa shape index (κ3) is 1.84. The van der Waals surface area contributed by atoms with Crippen molar-refractivity contribution < 1.29 is 0 Å². The van der Waals surface area contributed by atoms with Crippen LogP contribution in [0, 0.1) is 17.7 Å². The molecule has 0 atom stereocenters. The number of fused-ring (bicyclic) bond motifs is 1. The monoisotopic (exact) mass is 266 g/mol. The van der Waals surface area contributed by atoms with Crippen molar-refractivity contribution in [3.63, 3.8) is 0 Å². The third-order valence-corrected chi connectivity index (χ3v) is 4.05. The average molecular weight is 266 g/mol. The van der Waals surface area contributed by atoms with Crippen LogP contribution in [-0.2, 0) is 12.8 Å². The number of nitrogens with one attached hydrogen (secondary N) is 2. The maximum Gasteiger partial charge on any atom is 0.130 e. The lowest BCUT2D eigenvalue weighted by Gasteiger charge is -2.15. The van der Waals surface area contributed by atoms with Crippen LogP contribution in [0.4, 0.5) is 5.69 Å². The van der Waals surface area contributed by atoms with E-state index in [0.29, 0.717) is 0 Å². The van der Waals surface area contributed by atoms with Crippen molar-refractivity contribution in [2.24, 2.45) is 0 Å². The van der Waals surface area contributed by atoms with Crippen LogP contribution in [0.25, 0.3) is 11.1 Å². The van der Waals surface area contributed by atoms with E-state index in [1.807, 2.05) is 6.07 Å². The van der Waals surface area contributed by atoms with Gasteiger partial charge in [-0.25, -0.2) is 0 Å². The molecule has 0 spiro atoms. The Morgan fingerprint density at radius 1 is 1.30 bits per heavy atom. The number of aryl methyl sites for hydroxylation is 2. The smallest absolute Gasteiger partial charge is 0.130 e. The first kappa shape index (κ1) is 12.7. The molecule has 0 radical (unpaired) electrons. The van der Waals surface area contributed by atoms with E-state index >= 15 is 0 Å². The second-order valence-electron chi connectivity index (χ2n) is 5.31. The van der Waals surface area contributed by atoms with E-state index in [1.165, 1.54) is 22.1 Å². The Kier molecular flexibility index (Phi) is 2.93. The van der Waals surface area contributed by atoms with Crippen molar-refractivity contribution in [1.29, 1.82) is 10.8 Å². The molecule has 1 aromatic heterocycles. The SMILES string of the molecule is Cc1cc2c(c(N)c1-c1ccn(C=N)c(=N)c1)CCC2. The predicted octanol–water partition coefficient (Wildman–Crippen LogP) is 2.47. The molecule has 0 fully saturated rings. The molecule has 4 nitrogen and oxygen atoms in total. The molecular weight excluding hydrogens is 248 g/mol. The average Bonchev–Trinajstić information content (AvgIpc) is 2.87. The van der Waals surface area contributed by atoms with Gasteiger partial charge in [0.05, 0.1) is 6.34 Å². The van der Waals surface area contributed by atoms with Gasteiger partial charge in [-0.3, -0.25) is 15.4 Å². The molecule has 0 saturated heterocycles. The summed E-state index contributed by atoms with van der Waals surface area (Å²) in [5.41, 5.74) is 13.3. The zero-order valence-corrected chi connectivity index (χ0v) is 11.5. The number of nitrogens with zero attached hydrogens (tertiary/aromatic N) is 1. The van der Waals surface area contributed by atoms with Gasteiger partial charge >= 0.3 is 0 Å². The molecule has 1 aromatic carbocycles. The Labute approximate surface area is 117 Å². The Morgan fingerprint density at radius 2 is 2.10 bits per heavy atom. The van der Waals surface area contributed by atoms with Crippen molar-refractivity contribution in [2.75, 3.05) is 5.73 Å². The Balaban J connectivity index is 2.22.